The highest BCUT2D eigenvalue weighted by molar-refractivity contribution is 5.95. The first-order chi connectivity index (χ1) is 13.3. The lowest BCUT2D eigenvalue weighted by Crippen LogP contribution is -2.60. The maximum Gasteiger partial charge on any atom is 0.229 e. The number of aliphatic hydroxyl groups excluding tert-OH is 4. The minimum absolute atomic E-state index is 0.0128. The number of benzene rings is 2. The van der Waals surface area contributed by atoms with Crippen LogP contribution < -0.4 is 4.74 Å². The quantitative estimate of drug-likeness (QED) is 0.566. The molecule has 2 aromatic rings. The zero-order valence-electron chi connectivity index (χ0n) is 15.6. The van der Waals surface area contributed by atoms with Gasteiger partial charge in [-0.3, -0.25) is 4.79 Å². The Morgan fingerprint density at radius 2 is 1.75 bits per heavy atom. The molecule has 0 amide bonds. The molecular weight excluding hydrogens is 364 g/mol. The van der Waals surface area contributed by atoms with Gasteiger partial charge in [-0.15, -0.1) is 0 Å². The second-order valence-corrected chi connectivity index (χ2v) is 6.93. The first-order valence-electron chi connectivity index (χ1n) is 9.01. The van der Waals surface area contributed by atoms with E-state index in [2.05, 4.69) is 0 Å². The van der Waals surface area contributed by atoms with Crippen LogP contribution in [-0.4, -0.2) is 63.5 Å². The zero-order chi connectivity index (χ0) is 20.4. The molecule has 3 rings (SSSR count). The van der Waals surface area contributed by atoms with Gasteiger partial charge in [0.15, 0.2) is 5.78 Å². The zero-order valence-corrected chi connectivity index (χ0v) is 15.6. The molecule has 1 aliphatic rings. The smallest absolute Gasteiger partial charge is 0.229 e. The third-order valence-electron chi connectivity index (χ3n) is 4.87. The molecular formula is C21H24O7. The third kappa shape index (κ3) is 4.09. The molecule has 0 aliphatic carbocycles. The number of aliphatic hydroxyl groups is 4. The van der Waals surface area contributed by atoms with Crippen LogP contribution in [0.5, 0.6) is 5.75 Å². The van der Waals surface area contributed by atoms with E-state index in [4.69, 9.17) is 9.47 Å². The summed E-state index contributed by atoms with van der Waals surface area (Å²) in [5, 5.41) is 39.1. The topological polar surface area (TPSA) is 116 Å². The lowest BCUT2D eigenvalue weighted by Gasteiger charge is -2.39. The van der Waals surface area contributed by atoms with Crippen molar-refractivity contribution in [2.45, 2.75) is 44.6 Å². The molecule has 0 bridgehead atoms. The van der Waals surface area contributed by atoms with Crippen molar-refractivity contribution in [2.75, 3.05) is 6.61 Å². The monoisotopic (exact) mass is 388 g/mol. The van der Waals surface area contributed by atoms with E-state index in [0.717, 1.165) is 16.7 Å². The summed E-state index contributed by atoms with van der Waals surface area (Å²) in [6.45, 7) is 2.81. The number of carbonyl (C=O) groups excluding carboxylic acids is 1. The van der Waals surface area contributed by atoms with E-state index >= 15 is 0 Å². The number of ketones is 1. The molecule has 5 atom stereocenters. The minimum Gasteiger partial charge on any atom is -0.462 e. The van der Waals surface area contributed by atoms with Crippen molar-refractivity contribution in [2.24, 2.45) is 0 Å². The van der Waals surface area contributed by atoms with Crippen LogP contribution in [0, 0.1) is 6.92 Å². The molecule has 1 saturated heterocycles. The predicted molar refractivity (Wildman–Crippen MR) is 101 cm³/mol. The van der Waals surface area contributed by atoms with E-state index in [1.165, 1.54) is 6.92 Å². The number of hydrogen-bond donors (Lipinski definition) is 4. The highest BCUT2D eigenvalue weighted by Gasteiger charge is 2.44. The summed E-state index contributed by atoms with van der Waals surface area (Å²) in [6, 6.07) is 12.7. The molecule has 7 nitrogen and oxygen atoms in total. The lowest BCUT2D eigenvalue weighted by atomic mass is 9.99. The van der Waals surface area contributed by atoms with Gasteiger partial charge in [-0.05, 0) is 48.7 Å². The van der Waals surface area contributed by atoms with Crippen molar-refractivity contribution < 1.29 is 34.7 Å². The largest absolute Gasteiger partial charge is 0.462 e. The SMILES string of the molecule is CC(=O)c1cccc(-c2ccc(OC3OC(CO)C(O)C(O)C3O)c(C)c2)c1. The maximum absolute atomic E-state index is 11.6. The van der Waals surface area contributed by atoms with Crippen molar-refractivity contribution in [1.29, 1.82) is 0 Å². The molecule has 150 valence electrons. The Labute approximate surface area is 162 Å². The standard InChI is InChI=1S/C21H24O7/c1-11-8-15(14-5-3-4-13(9-14)12(2)23)6-7-16(11)27-21-20(26)19(25)18(24)17(10-22)28-21/h3-9,17-22,24-26H,10H2,1-2H3. The van der Waals surface area contributed by atoms with Crippen molar-refractivity contribution in [3.8, 4) is 16.9 Å². The Hall–Kier alpha value is -2.29. The Balaban J connectivity index is 1.81. The number of rotatable bonds is 5. The Morgan fingerprint density at radius 3 is 2.39 bits per heavy atom. The van der Waals surface area contributed by atoms with E-state index < -0.39 is 37.3 Å². The molecule has 28 heavy (non-hydrogen) atoms. The van der Waals surface area contributed by atoms with Crippen LogP contribution in [0.3, 0.4) is 0 Å². The van der Waals surface area contributed by atoms with Gasteiger partial charge >= 0.3 is 0 Å². The summed E-state index contributed by atoms with van der Waals surface area (Å²) < 4.78 is 11.1. The van der Waals surface area contributed by atoms with Gasteiger partial charge in [-0.1, -0.05) is 24.3 Å². The van der Waals surface area contributed by atoms with E-state index in [1.54, 1.807) is 12.1 Å². The highest BCUT2D eigenvalue weighted by atomic mass is 16.7. The van der Waals surface area contributed by atoms with Crippen LogP contribution in [0.1, 0.15) is 22.8 Å². The van der Waals surface area contributed by atoms with Gasteiger partial charge in [0.25, 0.3) is 0 Å². The van der Waals surface area contributed by atoms with Gasteiger partial charge in [0.2, 0.25) is 6.29 Å². The average molecular weight is 388 g/mol. The second-order valence-electron chi connectivity index (χ2n) is 6.93. The molecule has 0 spiro atoms. The van der Waals surface area contributed by atoms with E-state index in [9.17, 15) is 25.2 Å². The molecule has 5 unspecified atom stereocenters. The van der Waals surface area contributed by atoms with Gasteiger partial charge in [0, 0.05) is 5.56 Å². The van der Waals surface area contributed by atoms with Crippen LogP contribution in [0.2, 0.25) is 0 Å². The third-order valence-corrected chi connectivity index (χ3v) is 4.87. The van der Waals surface area contributed by atoms with E-state index in [0.29, 0.717) is 11.3 Å². The van der Waals surface area contributed by atoms with Gasteiger partial charge in [-0.25, -0.2) is 0 Å². The fourth-order valence-corrected chi connectivity index (χ4v) is 3.17. The summed E-state index contributed by atoms with van der Waals surface area (Å²) in [6.07, 6.45) is -6.66. The van der Waals surface area contributed by atoms with E-state index in [1.807, 2.05) is 37.3 Å². The average Bonchev–Trinajstić information content (AvgIpc) is 2.69. The summed E-state index contributed by atoms with van der Waals surface area (Å²) in [5.41, 5.74) is 3.15. The molecule has 2 aromatic carbocycles. The highest BCUT2D eigenvalue weighted by Crippen LogP contribution is 2.30. The van der Waals surface area contributed by atoms with Crippen LogP contribution in [-0.2, 0) is 4.74 Å². The summed E-state index contributed by atoms with van der Waals surface area (Å²) >= 11 is 0. The second kappa shape index (κ2) is 8.38. The van der Waals surface area contributed by atoms with Crippen molar-refractivity contribution in [3.63, 3.8) is 0 Å². The maximum atomic E-state index is 11.6. The van der Waals surface area contributed by atoms with Crippen LogP contribution in [0.4, 0.5) is 0 Å². The van der Waals surface area contributed by atoms with Crippen molar-refractivity contribution in [1.82, 2.24) is 0 Å². The summed E-state index contributed by atoms with van der Waals surface area (Å²) in [5.74, 6) is 0.414. The molecule has 1 aliphatic heterocycles. The Bertz CT molecular complexity index is 848. The fourth-order valence-electron chi connectivity index (χ4n) is 3.17. The van der Waals surface area contributed by atoms with Crippen molar-refractivity contribution >= 4 is 5.78 Å². The number of carbonyl (C=O) groups is 1. The van der Waals surface area contributed by atoms with Crippen LogP contribution >= 0.6 is 0 Å². The van der Waals surface area contributed by atoms with Crippen LogP contribution in [0.15, 0.2) is 42.5 Å². The lowest BCUT2D eigenvalue weighted by molar-refractivity contribution is -0.277. The minimum atomic E-state index is -1.50. The molecule has 0 radical (unpaired) electrons. The Morgan fingerprint density at radius 1 is 1.04 bits per heavy atom. The van der Waals surface area contributed by atoms with Gasteiger partial charge in [0.1, 0.15) is 30.2 Å². The van der Waals surface area contributed by atoms with Gasteiger partial charge in [0.05, 0.1) is 6.61 Å². The number of Topliss-reactive ketones (excluding diaryl/α,β-unsaturated/α-hetero) is 1. The molecule has 0 aromatic heterocycles. The summed E-state index contributed by atoms with van der Waals surface area (Å²) in [7, 11) is 0. The predicted octanol–water partition coefficient (Wildman–Crippen LogP) is 1.04. The van der Waals surface area contributed by atoms with Gasteiger partial charge in [-0.2, -0.15) is 0 Å². The van der Waals surface area contributed by atoms with Gasteiger partial charge < -0.3 is 29.9 Å². The molecule has 1 heterocycles. The first kappa shape index (κ1) is 20.4. The number of ether oxygens (including phenoxy) is 2. The Kier molecular flexibility index (Phi) is 6.12. The summed E-state index contributed by atoms with van der Waals surface area (Å²) in [4.78, 5) is 11.6. The molecule has 4 N–H and O–H groups in total. The van der Waals surface area contributed by atoms with E-state index in [-0.39, 0.29) is 5.78 Å². The van der Waals surface area contributed by atoms with Crippen LogP contribution in [0.25, 0.3) is 11.1 Å². The van der Waals surface area contributed by atoms with Crippen molar-refractivity contribution in [3.05, 3.63) is 53.6 Å². The molecule has 7 heteroatoms. The molecule has 0 saturated carbocycles. The number of aryl methyl sites for hydroxylation is 1. The number of hydrogen-bond acceptors (Lipinski definition) is 7. The normalized spacial score (nSPS) is 27.4. The molecule has 1 fully saturated rings. The fraction of sp³-hybridized carbons (Fsp3) is 0.381. The first-order valence-corrected chi connectivity index (χ1v) is 9.01.